The van der Waals surface area contributed by atoms with E-state index >= 15 is 0 Å². The summed E-state index contributed by atoms with van der Waals surface area (Å²) in [6.45, 7) is 4.28. The number of unbranched alkanes of at least 4 members (excludes halogenated alkanes) is 30. The molecule has 2 atom stereocenters. The SMILES string of the molecule is CCCCCC/C=C/CC/C=C/CC/C=C/C(O)C(CO)NC(=O)CCCCCCCCCCCCCC/C=C\CCCCCCCCCCCCCC. The van der Waals surface area contributed by atoms with Gasteiger partial charge in [-0.3, -0.25) is 4.79 Å². The van der Waals surface area contributed by atoms with Gasteiger partial charge >= 0.3 is 0 Å². The van der Waals surface area contributed by atoms with Crippen molar-refractivity contribution < 1.29 is 15.0 Å². The molecule has 3 N–H and O–H groups in total. The zero-order chi connectivity index (χ0) is 39.3. The molecule has 4 heteroatoms. The Morgan fingerprint density at radius 3 is 1.09 bits per heavy atom. The molecule has 0 bridgehead atoms. The maximum atomic E-state index is 12.4. The third-order valence-electron chi connectivity index (χ3n) is 10.8. The zero-order valence-electron chi connectivity index (χ0n) is 36.2. The minimum atomic E-state index is -0.869. The number of allylic oxidation sites excluding steroid dienone is 7. The Kier molecular flexibility index (Phi) is 44.3. The summed E-state index contributed by atoms with van der Waals surface area (Å²) in [6.07, 6.45) is 62.4. The van der Waals surface area contributed by atoms with Crippen LogP contribution in [0.1, 0.15) is 245 Å². The van der Waals surface area contributed by atoms with Crippen LogP contribution < -0.4 is 5.32 Å². The molecule has 0 saturated heterocycles. The van der Waals surface area contributed by atoms with Crippen molar-refractivity contribution in [3.63, 3.8) is 0 Å². The fraction of sp³-hybridized carbons (Fsp3) is 0.820. The third kappa shape index (κ3) is 41.5. The van der Waals surface area contributed by atoms with Gasteiger partial charge in [0.25, 0.3) is 0 Å². The fourth-order valence-electron chi connectivity index (χ4n) is 7.09. The number of aliphatic hydroxyl groups is 2. The predicted octanol–water partition coefficient (Wildman–Crippen LogP) is 15.1. The van der Waals surface area contributed by atoms with Gasteiger partial charge in [-0.25, -0.2) is 0 Å². The van der Waals surface area contributed by atoms with Crippen LogP contribution in [0.2, 0.25) is 0 Å². The van der Waals surface area contributed by atoms with Crippen molar-refractivity contribution >= 4 is 5.91 Å². The second-order valence-corrected chi connectivity index (χ2v) is 16.2. The average molecular weight is 756 g/mol. The van der Waals surface area contributed by atoms with Crippen molar-refractivity contribution in [1.82, 2.24) is 5.32 Å². The second kappa shape index (κ2) is 45.7. The Labute approximate surface area is 337 Å². The summed E-state index contributed by atoms with van der Waals surface area (Å²) in [6, 6.07) is -0.645. The maximum Gasteiger partial charge on any atom is 0.220 e. The number of carbonyl (C=O) groups is 1. The highest BCUT2D eigenvalue weighted by atomic mass is 16.3. The first-order chi connectivity index (χ1) is 26.7. The van der Waals surface area contributed by atoms with Crippen LogP contribution in [0, 0.1) is 0 Å². The molecule has 0 spiro atoms. The van der Waals surface area contributed by atoms with Gasteiger partial charge in [0.1, 0.15) is 0 Å². The predicted molar refractivity (Wildman–Crippen MR) is 239 cm³/mol. The van der Waals surface area contributed by atoms with Gasteiger partial charge in [0.2, 0.25) is 5.91 Å². The van der Waals surface area contributed by atoms with E-state index in [-0.39, 0.29) is 12.5 Å². The van der Waals surface area contributed by atoms with Crippen LogP contribution >= 0.6 is 0 Å². The molecule has 0 saturated carbocycles. The summed E-state index contributed by atoms with van der Waals surface area (Å²) in [4.78, 5) is 12.4. The van der Waals surface area contributed by atoms with E-state index in [1.165, 1.54) is 186 Å². The maximum absolute atomic E-state index is 12.4. The summed E-state index contributed by atoms with van der Waals surface area (Å²) < 4.78 is 0. The van der Waals surface area contributed by atoms with Crippen molar-refractivity contribution in [3.05, 3.63) is 48.6 Å². The lowest BCUT2D eigenvalue weighted by molar-refractivity contribution is -0.123. The van der Waals surface area contributed by atoms with E-state index in [1.54, 1.807) is 6.08 Å². The number of amides is 1. The Bertz CT molecular complexity index is 862. The Balaban J connectivity index is 3.53. The summed E-state index contributed by atoms with van der Waals surface area (Å²) in [5.74, 6) is -0.0784. The van der Waals surface area contributed by atoms with Gasteiger partial charge in [-0.15, -0.1) is 0 Å². The van der Waals surface area contributed by atoms with Crippen LogP contribution in [0.25, 0.3) is 0 Å². The molecule has 0 aromatic rings. The summed E-state index contributed by atoms with van der Waals surface area (Å²) in [7, 11) is 0. The lowest BCUT2D eigenvalue weighted by Gasteiger charge is -2.19. The fourth-order valence-corrected chi connectivity index (χ4v) is 7.09. The minimum Gasteiger partial charge on any atom is -0.394 e. The largest absolute Gasteiger partial charge is 0.394 e. The summed E-state index contributed by atoms with van der Waals surface area (Å²) in [5, 5.41) is 23.0. The lowest BCUT2D eigenvalue weighted by Crippen LogP contribution is -2.45. The van der Waals surface area contributed by atoms with Gasteiger partial charge in [-0.1, -0.05) is 217 Å². The Hall–Kier alpha value is -1.65. The molecular weight excluding hydrogens is 663 g/mol. The van der Waals surface area contributed by atoms with Gasteiger partial charge < -0.3 is 15.5 Å². The van der Waals surface area contributed by atoms with Crippen molar-refractivity contribution in [2.75, 3.05) is 6.61 Å². The topological polar surface area (TPSA) is 69.6 Å². The first-order valence-corrected chi connectivity index (χ1v) is 23.9. The van der Waals surface area contributed by atoms with Crippen LogP contribution in [0.5, 0.6) is 0 Å². The van der Waals surface area contributed by atoms with Crippen LogP contribution in [-0.2, 0) is 4.79 Å². The summed E-state index contributed by atoms with van der Waals surface area (Å²) in [5.41, 5.74) is 0. The number of hydrogen-bond acceptors (Lipinski definition) is 3. The summed E-state index contributed by atoms with van der Waals surface area (Å²) >= 11 is 0. The third-order valence-corrected chi connectivity index (χ3v) is 10.8. The first kappa shape index (κ1) is 52.3. The smallest absolute Gasteiger partial charge is 0.220 e. The molecule has 0 aliphatic rings. The molecular formula is C50H93NO3. The van der Waals surface area contributed by atoms with Gasteiger partial charge in [0, 0.05) is 6.42 Å². The normalized spacial score (nSPS) is 13.3. The monoisotopic (exact) mass is 756 g/mol. The van der Waals surface area contributed by atoms with E-state index < -0.39 is 12.1 Å². The van der Waals surface area contributed by atoms with E-state index in [4.69, 9.17) is 0 Å². The van der Waals surface area contributed by atoms with Gasteiger partial charge in [0.15, 0.2) is 0 Å². The van der Waals surface area contributed by atoms with E-state index in [9.17, 15) is 15.0 Å². The molecule has 0 heterocycles. The Morgan fingerprint density at radius 1 is 0.426 bits per heavy atom. The molecule has 54 heavy (non-hydrogen) atoms. The molecule has 0 aromatic heterocycles. The standard InChI is InChI=1S/C50H93NO3/c1-3-5-7-9-11-13-15-17-19-20-21-22-23-24-25-26-27-28-29-30-31-32-34-36-38-40-42-44-46-50(54)51-48(47-52)49(53)45-43-41-39-37-35-33-18-16-14-12-10-8-6-4-2/h14,16,24-25,35,37,43,45,48-49,52-53H,3-13,15,17-23,26-34,36,38-42,44,46-47H2,1-2H3,(H,51,54)/b16-14+,25-24-,37-35+,45-43+. The average Bonchev–Trinajstić information content (AvgIpc) is 3.18. The molecule has 316 valence electrons. The van der Waals surface area contributed by atoms with E-state index in [0.29, 0.717) is 6.42 Å². The molecule has 0 rings (SSSR count). The van der Waals surface area contributed by atoms with Gasteiger partial charge in [-0.2, -0.15) is 0 Å². The van der Waals surface area contributed by atoms with E-state index in [2.05, 4.69) is 55.6 Å². The van der Waals surface area contributed by atoms with E-state index in [0.717, 1.165) is 38.5 Å². The van der Waals surface area contributed by atoms with Crippen LogP contribution in [-0.4, -0.2) is 34.9 Å². The first-order valence-electron chi connectivity index (χ1n) is 23.9. The molecule has 4 nitrogen and oxygen atoms in total. The van der Waals surface area contributed by atoms with Crippen molar-refractivity contribution in [3.8, 4) is 0 Å². The molecule has 0 fully saturated rings. The lowest BCUT2D eigenvalue weighted by atomic mass is 10.0. The molecule has 0 radical (unpaired) electrons. The van der Waals surface area contributed by atoms with Gasteiger partial charge in [-0.05, 0) is 70.6 Å². The van der Waals surface area contributed by atoms with Crippen LogP contribution in [0.15, 0.2) is 48.6 Å². The van der Waals surface area contributed by atoms with Crippen molar-refractivity contribution in [1.29, 1.82) is 0 Å². The number of aliphatic hydroxyl groups excluding tert-OH is 2. The van der Waals surface area contributed by atoms with Gasteiger partial charge in [0.05, 0.1) is 18.8 Å². The Morgan fingerprint density at radius 2 is 0.722 bits per heavy atom. The second-order valence-electron chi connectivity index (χ2n) is 16.2. The molecule has 0 aliphatic carbocycles. The van der Waals surface area contributed by atoms with E-state index in [1.807, 2.05) is 6.08 Å². The number of carbonyl (C=O) groups excluding carboxylic acids is 1. The molecule has 0 aromatic carbocycles. The highest BCUT2D eigenvalue weighted by Gasteiger charge is 2.17. The molecule has 2 unspecified atom stereocenters. The van der Waals surface area contributed by atoms with Crippen molar-refractivity contribution in [2.45, 2.75) is 257 Å². The minimum absolute atomic E-state index is 0.0784. The van der Waals surface area contributed by atoms with Crippen LogP contribution in [0.3, 0.4) is 0 Å². The number of rotatable bonds is 43. The molecule has 0 aliphatic heterocycles. The number of nitrogens with one attached hydrogen (secondary N) is 1. The highest BCUT2D eigenvalue weighted by Crippen LogP contribution is 2.15. The molecule has 1 amide bonds. The quantitative estimate of drug-likeness (QED) is 0.0429. The zero-order valence-corrected chi connectivity index (χ0v) is 36.2. The number of hydrogen-bond donors (Lipinski definition) is 3. The van der Waals surface area contributed by atoms with Crippen molar-refractivity contribution in [2.24, 2.45) is 0 Å². The highest BCUT2D eigenvalue weighted by molar-refractivity contribution is 5.76. The van der Waals surface area contributed by atoms with Crippen LogP contribution in [0.4, 0.5) is 0 Å².